The lowest BCUT2D eigenvalue weighted by molar-refractivity contribution is -0.122. The molecule has 1 saturated heterocycles. The Morgan fingerprint density at radius 3 is 2.54 bits per heavy atom. The van der Waals surface area contributed by atoms with Crippen molar-refractivity contribution in [3.8, 4) is 0 Å². The molecule has 1 fully saturated rings. The van der Waals surface area contributed by atoms with Crippen LogP contribution in [0.5, 0.6) is 0 Å². The Labute approximate surface area is 162 Å². The Morgan fingerprint density at radius 2 is 1.86 bits per heavy atom. The van der Waals surface area contributed by atoms with Crippen LogP contribution < -0.4 is 15.5 Å². The number of amides is 3. The Morgan fingerprint density at radius 1 is 1.14 bits per heavy atom. The van der Waals surface area contributed by atoms with E-state index in [2.05, 4.69) is 20.6 Å². The highest BCUT2D eigenvalue weighted by Crippen LogP contribution is 2.10. The number of nitrogens with zero attached hydrogens (tertiary/aromatic N) is 4. The van der Waals surface area contributed by atoms with Gasteiger partial charge >= 0.3 is 6.03 Å². The number of hydrogen-bond donors (Lipinski definition) is 2. The van der Waals surface area contributed by atoms with Crippen molar-refractivity contribution in [2.75, 3.05) is 31.1 Å². The van der Waals surface area contributed by atoms with E-state index >= 15 is 0 Å². The maximum absolute atomic E-state index is 13.2. The molecule has 1 aliphatic rings. The van der Waals surface area contributed by atoms with Crippen LogP contribution in [0.4, 0.5) is 15.1 Å². The fourth-order valence-electron chi connectivity index (χ4n) is 2.90. The highest BCUT2D eigenvalue weighted by atomic mass is 19.1. The summed E-state index contributed by atoms with van der Waals surface area (Å²) in [5.74, 6) is -0.0327. The van der Waals surface area contributed by atoms with Gasteiger partial charge in [-0.25, -0.2) is 19.2 Å². The first-order valence-corrected chi connectivity index (χ1v) is 9.12. The lowest BCUT2D eigenvalue weighted by Gasteiger charge is -2.35. The number of halogens is 1. The van der Waals surface area contributed by atoms with E-state index < -0.39 is 6.04 Å². The first kappa shape index (κ1) is 19.5. The third kappa shape index (κ3) is 5.15. The minimum atomic E-state index is -0.698. The molecule has 0 unspecified atom stereocenters. The quantitative estimate of drug-likeness (QED) is 0.805. The third-order valence-electron chi connectivity index (χ3n) is 4.49. The Balaban J connectivity index is 1.43. The molecule has 0 radical (unpaired) electrons. The Kier molecular flexibility index (Phi) is 6.36. The fourth-order valence-corrected chi connectivity index (χ4v) is 2.90. The molecule has 0 saturated carbocycles. The standard InChI is InChI=1S/C19H23FN6O2/c1-14(17(27)23-13-15-4-2-5-16(20)12-15)24-19(28)26-10-8-25(9-11-26)18-21-6-3-7-22-18/h2-7,12,14H,8-11,13H2,1H3,(H,23,27)(H,24,28)/t14-/m1/s1. The highest BCUT2D eigenvalue weighted by molar-refractivity contribution is 5.86. The lowest BCUT2D eigenvalue weighted by atomic mass is 10.2. The molecule has 28 heavy (non-hydrogen) atoms. The molecule has 1 aromatic heterocycles. The van der Waals surface area contributed by atoms with Crippen LogP contribution in [0.25, 0.3) is 0 Å². The molecule has 0 aliphatic carbocycles. The molecule has 0 spiro atoms. The van der Waals surface area contributed by atoms with E-state index in [-0.39, 0.29) is 24.3 Å². The van der Waals surface area contributed by atoms with Gasteiger partial charge in [0.25, 0.3) is 0 Å². The van der Waals surface area contributed by atoms with Crippen molar-refractivity contribution in [2.24, 2.45) is 0 Å². The van der Waals surface area contributed by atoms with Gasteiger partial charge in [-0.3, -0.25) is 4.79 Å². The number of urea groups is 1. The summed E-state index contributed by atoms with van der Waals surface area (Å²) in [6.07, 6.45) is 3.37. The predicted octanol–water partition coefficient (Wildman–Crippen LogP) is 1.15. The molecule has 0 bridgehead atoms. The van der Waals surface area contributed by atoms with Gasteiger partial charge in [-0.05, 0) is 30.7 Å². The zero-order valence-corrected chi connectivity index (χ0v) is 15.6. The van der Waals surface area contributed by atoms with E-state index in [0.717, 1.165) is 0 Å². The first-order valence-electron chi connectivity index (χ1n) is 9.12. The van der Waals surface area contributed by atoms with Crippen LogP contribution in [-0.4, -0.2) is 59.0 Å². The third-order valence-corrected chi connectivity index (χ3v) is 4.49. The summed E-state index contributed by atoms with van der Waals surface area (Å²) in [5, 5.41) is 5.40. The Bertz CT molecular complexity index is 811. The van der Waals surface area contributed by atoms with Gasteiger partial charge in [-0.15, -0.1) is 0 Å². The van der Waals surface area contributed by atoms with Crippen LogP contribution in [0.2, 0.25) is 0 Å². The SMILES string of the molecule is C[C@@H](NC(=O)N1CCN(c2ncccn2)CC1)C(=O)NCc1cccc(F)c1. The lowest BCUT2D eigenvalue weighted by Crippen LogP contribution is -2.55. The summed E-state index contributed by atoms with van der Waals surface area (Å²) in [5.41, 5.74) is 0.658. The van der Waals surface area contributed by atoms with E-state index in [4.69, 9.17) is 0 Å². The number of nitrogens with one attached hydrogen (secondary N) is 2. The first-order chi connectivity index (χ1) is 13.5. The zero-order valence-electron chi connectivity index (χ0n) is 15.6. The summed E-state index contributed by atoms with van der Waals surface area (Å²) in [4.78, 5) is 36.7. The molecule has 2 heterocycles. The normalized spacial score (nSPS) is 15.1. The van der Waals surface area contributed by atoms with E-state index in [1.54, 1.807) is 42.4 Å². The van der Waals surface area contributed by atoms with Gasteiger partial charge in [0.05, 0.1) is 0 Å². The molecule has 9 heteroatoms. The molecular formula is C19H23FN6O2. The average Bonchev–Trinajstić information content (AvgIpc) is 2.72. The average molecular weight is 386 g/mol. The number of carbonyl (C=O) groups excluding carboxylic acids is 2. The maximum atomic E-state index is 13.2. The topological polar surface area (TPSA) is 90.5 Å². The number of carbonyl (C=O) groups is 2. The minimum absolute atomic E-state index is 0.201. The van der Waals surface area contributed by atoms with Gasteiger partial charge in [0.15, 0.2) is 0 Å². The van der Waals surface area contributed by atoms with Crippen LogP contribution in [0.3, 0.4) is 0 Å². The predicted molar refractivity (Wildman–Crippen MR) is 102 cm³/mol. The van der Waals surface area contributed by atoms with E-state index in [1.807, 2.05) is 4.90 Å². The van der Waals surface area contributed by atoms with Crippen molar-refractivity contribution in [1.82, 2.24) is 25.5 Å². The second kappa shape index (κ2) is 9.12. The molecule has 148 valence electrons. The highest BCUT2D eigenvalue weighted by Gasteiger charge is 2.24. The molecule has 1 aromatic carbocycles. The molecule has 1 atom stereocenters. The fraction of sp³-hybridized carbons (Fsp3) is 0.368. The number of rotatable bonds is 5. The van der Waals surface area contributed by atoms with Crippen molar-refractivity contribution in [3.63, 3.8) is 0 Å². The molecule has 1 aliphatic heterocycles. The molecule has 8 nitrogen and oxygen atoms in total. The van der Waals surface area contributed by atoms with Crippen molar-refractivity contribution >= 4 is 17.9 Å². The largest absolute Gasteiger partial charge is 0.350 e. The van der Waals surface area contributed by atoms with Gasteiger partial charge in [-0.2, -0.15) is 0 Å². The Hall–Kier alpha value is -3.23. The van der Waals surface area contributed by atoms with E-state index in [9.17, 15) is 14.0 Å². The summed E-state index contributed by atoms with van der Waals surface area (Å²) >= 11 is 0. The number of piperazine rings is 1. The van der Waals surface area contributed by atoms with Gasteiger partial charge in [0.1, 0.15) is 11.9 Å². The van der Waals surface area contributed by atoms with Crippen LogP contribution in [-0.2, 0) is 11.3 Å². The van der Waals surface area contributed by atoms with Crippen molar-refractivity contribution < 1.29 is 14.0 Å². The number of anilines is 1. The summed E-state index contributed by atoms with van der Waals surface area (Å²) in [7, 11) is 0. The zero-order chi connectivity index (χ0) is 19.9. The maximum Gasteiger partial charge on any atom is 0.318 e. The van der Waals surface area contributed by atoms with Crippen LogP contribution >= 0.6 is 0 Å². The number of benzene rings is 1. The monoisotopic (exact) mass is 386 g/mol. The van der Waals surface area contributed by atoms with Crippen molar-refractivity contribution in [2.45, 2.75) is 19.5 Å². The van der Waals surface area contributed by atoms with Gasteiger partial charge in [-0.1, -0.05) is 12.1 Å². The molecular weight excluding hydrogens is 363 g/mol. The molecule has 2 aromatic rings. The van der Waals surface area contributed by atoms with E-state index in [0.29, 0.717) is 37.7 Å². The van der Waals surface area contributed by atoms with Gasteiger partial charge < -0.3 is 20.4 Å². The van der Waals surface area contributed by atoms with E-state index in [1.165, 1.54) is 12.1 Å². The number of aromatic nitrogens is 2. The second-order valence-electron chi connectivity index (χ2n) is 6.54. The summed E-state index contributed by atoms with van der Waals surface area (Å²) in [6, 6.07) is 6.79. The molecule has 3 amide bonds. The molecule has 2 N–H and O–H groups in total. The number of hydrogen-bond acceptors (Lipinski definition) is 5. The summed E-state index contributed by atoms with van der Waals surface area (Å²) < 4.78 is 13.2. The smallest absolute Gasteiger partial charge is 0.318 e. The summed E-state index contributed by atoms with van der Waals surface area (Å²) in [6.45, 7) is 4.10. The van der Waals surface area contributed by atoms with Crippen molar-refractivity contribution in [1.29, 1.82) is 0 Å². The van der Waals surface area contributed by atoms with Crippen LogP contribution in [0, 0.1) is 5.82 Å². The van der Waals surface area contributed by atoms with Gasteiger partial charge in [0.2, 0.25) is 11.9 Å². The molecule has 3 rings (SSSR count). The minimum Gasteiger partial charge on any atom is -0.350 e. The van der Waals surface area contributed by atoms with Crippen LogP contribution in [0.1, 0.15) is 12.5 Å². The van der Waals surface area contributed by atoms with Crippen molar-refractivity contribution in [3.05, 3.63) is 54.1 Å². The van der Waals surface area contributed by atoms with Gasteiger partial charge in [0, 0.05) is 45.1 Å². The van der Waals surface area contributed by atoms with Crippen LogP contribution in [0.15, 0.2) is 42.7 Å². The second-order valence-corrected chi connectivity index (χ2v) is 6.54.